The lowest BCUT2D eigenvalue weighted by Gasteiger charge is -2.40. The minimum absolute atomic E-state index is 0.250. The number of nitrogens with zero attached hydrogens (tertiary/aromatic N) is 6. The van der Waals surface area contributed by atoms with E-state index in [1.165, 1.54) is 29.7 Å². The lowest BCUT2D eigenvalue weighted by Crippen LogP contribution is -2.48. The van der Waals surface area contributed by atoms with Crippen molar-refractivity contribution >= 4 is 5.69 Å². The number of benzene rings is 1. The first-order valence-electron chi connectivity index (χ1n) is 11.6. The van der Waals surface area contributed by atoms with Crippen LogP contribution in [0.2, 0.25) is 0 Å². The van der Waals surface area contributed by atoms with Gasteiger partial charge in [-0.15, -0.1) is 5.10 Å². The highest BCUT2D eigenvalue weighted by atomic mass is 16.5. The van der Waals surface area contributed by atoms with Crippen LogP contribution >= 0.6 is 0 Å². The molecule has 1 aromatic carbocycles. The van der Waals surface area contributed by atoms with Crippen LogP contribution in [-0.4, -0.2) is 64.0 Å². The molecule has 2 aromatic rings. The molecule has 2 aliphatic heterocycles. The van der Waals surface area contributed by atoms with Crippen molar-refractivity contribution in [3.05, 3.63) is 35.2 Å². The molecule has 2 saturated heterocycles. The predicted octanol–water partition coefficient (Wildman–Crippen LogP) is 3.52. The summed E-state index contributed by atoms with van der Waals surface area (Å²) in [5.41, 5.74) is 4.06. The van der Waals surface area contributed by atoms with Crippen molar-refractivity contribution in [2.45, 2.75) is 71.6 Å². The van der Waals surface area contributed by atoms with Gasteiger partial charge < -0.3 is 9.64 Å². The van der Waals surface area contributed by atoms with Crippen LogP contribution in [0.5, 0.6) is 0 Å². The second-order valence-electron chi connectivity index (χ2n) is 8.83. The molecular formula is C23H36N6O. The molecule has 2 fully saturated rings. The highest BCUT2D eigenvalue weighted by Gasteiger charge is 2.30. The third-order valence-electron chi connectivity index (χ3n) is 6.55. The van der Waals surface area contributed by atoms with Crippen LogP contribution in [0.1, 0.15) is 62.0 Å². The molecule has 0 saturated carbocycles. The van der Waals surface area contributed by atoms with E-state index < -0.39 is 0 Å². The van der Waals surface area contributed by atoms with Gasteiger partial charge in [-0.1, -0.05) is 31.9 Å². The first kappa shape index (κ1) is 21.2. The molecule has 0 N–H and O–H groups in total. The molecule has 7 heteroatoms. The number of aryl methyl sites for hydroxylation is 2. The minimum atomic E-state index is 0.250. The maximum absolute atomic E-state index is 5.83. The molecule has 4 rings (SSSR count). The maximum atomic E-state index is 5.83. The molecule has 0 aliphatic carbocycles. The summed E-state index contributed by atoms with van der Waals surface area (Å²) >= 11 is 0. The molecule has 30 heavy (non-hydrogen) atoms. The topological polar surface area (TPSA) is 59.3 Å². The Morgan fingerprint density at radius 1 is 1.17 bits per heavy atom. The minimum Gasteiger partial charge on any atom is -0.376 e. The van der Waals surface area contributed by atoms with E-state index in [0.717, 1.165) is 64.4 Å². The van der Waals surface area contributed by atoms with Gasteiger partial charge in [0.2, 0.25) is 0 Å². The molecule has 3 heterocycles. The standard InChI is InChI=1S/C23H36N6O/c1-4-5-8-21(23-24-25-26-29(23)17-20-7-6-15-30-20)27-11-13-28(14-12-27)22-16-18(2)9-10-19(22)3/h9-10,16,20-21H,4-8,11-15,17H2,1-3H3/t20-,21-/m1/s1. The Labute approximate surface area is 180 Å². The monoisotopic (exact) mass is 412 g/mol. The predicted molar refractivity (Wildman–Crippen MR) is 119 cm³/mol. The quantitative estimate of drug-likeness (QED) is 0.661. The summed E-state index contributed by atoms with van der Waals surface area (Å²) in [5.74, 6) is 1.01. The van der Waals surface area contributed by atoms with Gasteiger partial charge in [0, 0.05) is 38.5 Å². The summed E-state index contributed by atoms with van der Waals surface area (Å²) in [6, 6.07) is 7.04. The number of ether oxygens (including phenoxy) is 1. The van der Waals surface area contributed by atoms with Crippen molar-refractivity contribution in [1.82, 2.24) is 25.1 Å². The third kappa shape index (κ3) is 4.83. The third-order valence-corrected chi connectivity index (χ3v) is 6.55. The van der Waals surface area contributed by atoms with Crippen molar-refractivity contribution in [2.75, 3.05) is 37.7 Å². The molecule has 2 aliphatic rings. The van der Waals surface area contributed by atoms with E-state index in [9.17, 15) is 0 Å². The first-order valence-corrected chi connectivity index (χ1v) is 11.6. The number of anilines is 1. The van der Waals surface area contributed by atoms with Crippen molar-refractivity contribution < 1.29 is 4.74 Å². The Morgan fingerprint density at radius 2 is 2.00 bits per heavy atom. The van der Waals surface area contributed by atoms with Crippen molar-refractivity contribution in [3.63, 3.8) is 0 Å². The number of hydrogen-bond acceptors (Lipinski definition) is 6. The highest BCUT2D eigenvalue weighted by Crippen LogP contribution is 2.29. The second-order valence-corrected chi connectivity index (χ2v) is 8.83. The molecule has 0 spiro atoms. The molecular weight excluding hydrogens is 376 g/mol. The Hall–Kier alpha value is -1.99. The van der Waals surface area contributed by atoms with Gasteiger partial charge in [0.15, 0.2) is 5.82 Å². The first-order chi connectivity index (χ1) is 14.7. The second kappa shape index (κ2) is 9.88. The van der Waals surface area contributed by atoms with E-state index >= 15 is 0 Å². The fraction of sp³-hybridized carbons (Fsp3) is 0.696. The maximum Gasteiger partial charge on any atom is 0.168 e. The van der Waals surface area contributed by atoms with Gasteiger partial charge in [0.05, 0.1) is 18.7 Å². The van der Waals surface area contributed by atoms with Gasteiger partial charge in [0.25, 0.3) is 0 Å². The molecule has 0 radical (unpaired) electrons. The van der Waals surface area contributed by atoms with Crippen molar-refractivity contribution in [3.8, 4) is 0 Å². The average Bonchev–Trinajstić information content (AvgIpc) is 3.44. The average molecular weight is 413 g/mol. The lowest BCUT2D eigenvalue weighted by molar-refractivity contribution is 0.0890. The molecule has 164 valence electrons. The zero-order chi connectivity index (χ0) is 20.9. The zero-order valence-electron chi connectivity index (χ0n) is 18.8. The molecule has 7 nitrogen and oxygen atoms in total. The van der Waals surface area contributed by atoms with Gasteiger partial charge >= 0.3 is 0 Å². The van der Waals surface area contributed by atoms with Crippen LogP contribution in [0.15, 0.2) is 18.2 Å². The molecule has 0 amide bonds. The SMILES string of the molecule is CCCC[C@H](c1nnnn1C[C@H]1CCCO1)N1CCN(c2cc(C)ccc2C)CC1. The number of piperazine rings is 1. The van der Waals surface area contributed by atoms with Gasteiger partial charge in [-0.25, -0.2) is 4.68 Å². The summed E-state index contributed by atoms with van der Waals surface area (Å²) < 4.78 is 7.84. The van der Waals surface area contributed by atoms with Crippen LogP contribution in [0.3, 0.4) is 0 Å². The van der Waals surface area contributed by atoms with E-state index in [1.807, 2.05) is 4.68 Å². The number of hydrogen-bond donors (Lipinski definition) is 0. The van der Waals surface area contributed by atoms with Crippen molar-refractivity contribution in [1.29, 1.82) is 0 Å². The van der Waals surface area contributed by atoms with Crippen LogP contribution in [0, 0.1) is 13.8 Å². The molecule has 1 aromatic heterocycles. The summed E-state index contributed by atoms with van der Waals surface area (Å²) in [7, 11) is 0. The van der Waals surface area contributed by atoms with Gasteiger partial charge in [0.1, 0.15) is 0 Å². The summed E-state index contributed by atoms with van der Waals surface area (Å²) in [6.45, 7) is 12.4. The Morgan fingerprint density at radius 3 is 2.73 bits per heavy atom. The fourth-order valence-corrected chi connectivity index (χ4v) is 4.77. The Bertz CT molecular complexity index is 808. The zero-order valence-corrected chi connectivity index (χ0v) is 18.8. The number of rotatable bonds is 8. The van der Waals surface area contributed by atoms with Gasteiger partial charge in [-0.05, 0) is 60.7 Å². The number of tetrazole rings is 1. The summed E-state index contributed by atoms with van der Waals surface area (Å²) in [6.07, 6.45) is 5.97. The van der Waals surface area contributed by atoms with E-state index in [-0.39, 0.29) is 12.1 Å². The van der Waals surface area contributed by atoms with Gasteiger partial charge in [-0.3, -0.25) is 4.90 Å². The van der Waals surface area contributed by atoms with Gasteiger partial charge in [-0.2, -0.15) is 0 Å². The molecule has 2 atom stereocenters. The number of unbranched alkanes of at least 4 members (excludes halogenated alkanes) is 1. The number of aromatic nitrogens is 4. The van der Waals surface area contributed by atoms with E-state index in [0.29, 0.717) is 0 Å². The molecule has 0 bridgehead atoms. The normalized spacial score (nSPS) is 21.3. The lowest BCUT2D eigenvalue weighted by atomic mass is 10.0. The van der Waals surface area contributed by atoms with E-state index in [2.05, 4.69) is 64.3 Å². The fourth-order valence-electron chi connectivity index (χ4n) is 4.77. The van der Waals surface area contributed by atoms with Crippen LogP contribution in [0.4, 0.5) is 5.69 Å². The highest BCUT2D eigenvalue weighted by molar-refractivity contribution is 5.55. The van der Waals surface area contributed by atoms with Crippen LogP contribution in [0.25, 0.3) is 0 Å². The van der Waals surface area contributed by atoms with E-state index in [4.69, 9.17) is 4.74 Å². The summed E-state index contributed by atoms with van der Waals surface area (Å²) in [4.78, 5) is 5.13. The van der Waals surface area contributed by atoms with Crippen molar-refractivity contribution in [2.24, 2.45) is 0 Å². The van der Waals surface area contributed by atoms with E-state index in [1.54, 1.807) is 0 Å². The van der Waals surface area contributed by atoms with Crippen LogP contribution < -0.4 is 4.90 Å². The van der Waals surface area contributed by atoms with Crippen LogP contribution in [-0.2, 0) is 11.3 Å². The molecule has 0 unspecified atom stereocenters. The summed E-state index contributed by atoms with van der Waals surface area (Å²) in [5, 5.41) is 12.8. The Balaban J connectivity index is 1.46. The largest absolute Gasteiger partial charge is 0.376 e. The Kier molecular flexibility index (Phi) is 7.00. The smallest absolute Gasteiger partial charge is 0.168 e.